The SMILES string of the molecule is COC(=O)/C=C/CC[C@H](NC(=O)c1cnc[nH]1)C(=O)Nc1cccn(CC(=O)NC2C3CC4CC(C3)CC2C4)c1=O. The minimum atomic E-state index is -1.03. The number of methoxy groups -OCH3 is 1. The lowest BCUT2D eigenvalue weighted by Gasteiger charge is -2.54. The molecule has 12 heteroatoms. The molecule has 218 valence electrons. The highest BCUT2D eigenvalue weighted by molar-refractivity contribution is 6.00. The number of rotatable bonds is 11. The van der Waals surface area contributed by atoms with Gasteiger partial charge in [0.1, 0.15) is 24.0 Å². The number of esters is 1. The van der Waals surface area contributed by atoms with Crippen molar-refractivity contribution in [2.45, 2.75) is 63.6 Å². The van der Waals surface area contributed by atoms with Crippen molar-refractivity contribution in [3.63, 3.8) is 0 Å². The van der Waals surface area contributed by atoms with Crippen LogP contribution in [0.25, 0.3) is 0 Å². The van der Waals surface area contributed by atoms with E-state index in [0.29, 0.717) is 11.8 Å². The Labute approximate surface area is 237 Å². The second kappa shape index (κ2) is 12.5. The molecular formula is C29H36N6O6. The first-order valence-electron chi connectivity index (χ1n) is 14.1. The third-order valence-electron chi connectivity index (χ3n) is 8.59. The number of ether oxygens (including phenoxy) is 1. The summed E-state index contributed by atoms with van der Waals surface area (Å²) in [6, 6.07) is 2.18. The summed E-state index contributed by atoms with van der Waals surface area (Å²) in [5.74, 6) is 0.724. The number of H-pyrrole nitrogens is 1. The van der Waals surface area contributed by atoms with Gasteiger partial charge in [-0.05, 0) is 80.8 Å². The standard InChI is InChI=1S/C29H36N6O6/c1-41-25(37)7-3-2-5-21(32-28(39)23-14-30-16-31-23)27(38)33-22-6-4-8-35(29(22)40)15-24(36)34-26-19-10-17-9-18(12-19)13-20(26)11-17/h3-4,6-8,14,16-21,26H,2,5,9-13,15H2,1H3,(H,30,31)(H,32,39)(H,33,38)(H,34,36)/b7-3+/t17?,18?,19?,20?,21-,26?/m0/s1. The van der Waals surface area contributed by atoms with Gasteiger partial charge in [-0.3, -0.25) is 19.2 Å². The van der Waals surface area contributed by atoms with Crippen molar-refractivity contribution >= 4 is 29.4 Å². The van der Waals surface area contributed by atoms with Gasteiger partial charge in [-0.15, -0.1) is 0 Å². The molecule has 0 radical (unpaired) electrons. The molecular weight excluding hydrogens is 528 g/mol. The Morgan fingerprint density at radius 1 is 1.15 bits per heavy atom. The van der Waals surface area contributed by atoms with Gasteiger partial charge in [0.15, 0.2) is 0 Å². The molecule has 0 unspecified atom stereocenters. The first-order chi connectivity index (χ1) is 19.8. The molecule has 4 saturated carbocycles. The maximum absolute atomic E-state index is 13.2. The van der Waals surface area contributed by atoms with Crippen LogP contribution in [0.4, 0.5) is 5.69 Å². The summed E-state index contributed by atoms with van der Waals surface area (Å²) in [5, 5.41) is 8.44. The summed E-state index contributed by atoms with van der Waals surface area (Å²) in [6.07, 6.45) is 13.4. The van der Waals surface area contributed by atoms with Gasteiger partial charge in [-0.25, -0.2) is 9.78 Å². The van der Waals surface area contributed by atoms with Crippen LogP contribution in [0.3, 0.4) is 0 Å². The van der Waals surface area contributed by atoms with Crippen LogP contribution in [-0.2, 0) is 25.7 Å². The minimum absolute atomic E-state index is 0.00850. The summed E-state index contributed by atoms with van der Waals surface area (Å²) >= 11 is 0. The molecule has 0 aliphatic heterocycles. The van der Waals surface area contributed by atoms with E-state index >= 15 is 0 Å². The lowest BCUT2D eigenvalue weighted by atomic mass is 9.54. The number of allylic oxidation sites excluding steroid dienone is 1. The molecule has 0 spiro atoms. The van der Waals surface area contributed by atoms with Crippen LogP contribution in [0.15, 0.2) is 47.8 Å². The normalized spacial score (nSPS) is 25.0. The Balaban J connectivity index is 1.22. The minimum Gasteiger partial charge on any atom is -0.466 e. The number of aromatic nitrogens is 3. The van der Waals surface area contributed by atoms with Crippen molar-refractivity contribution in [1.29, 1.82) is 0 Å². The molecule has 2 heterocycles. The van der Waals surface area contributed by atoms with E-state index in [4.69, 9.17) is 0 Å². The predicted molar refractivity (Wildman–Crippen MR) is 149 cm³/mol. The van der Waals surface area contributed by atoms with Gasteiger partial charge in [0.2, 0.25) is 11.8 Å². The van der Waals surface area contributed by atoms with E-state index in [9.17, 15) is 24.0 Å². The summed E-state index contributed by atoms with van der Waals surface area (Å²) in [5.41, 5.74) is -0.365. The third kappa shape index (κ3) is 6.75. The molecule has 2 aromatic heterocycles. The van der Waals surface area contributed by atoms with Crippen molar-refractivity contribution in [1.82, 2.24) is 25.2 Å². The number of pyridine rings is 1. The van der Waals surface area contributed by atoms with Gasteiger partial charge in [-0.2, -0.15) is 0 Å². The molecule has 6 rings (SSSR count). The third-order valence-corrected chi connectivity index (χ3v) is 8.59. The number of hydrogen-bond acceptors (Lipinski definition) is 7. The zero-order valence-corrected chi connectivity index (χ0v) is 23.0. The summed E-state index contributed by atoms with van der Waals surface area (Å²) in [4.78, 5) is 69.8. The Morgan fingerprint density at radius 2 is 1.88 bits per heavy atom. The number of aromatic amines is 1. The van der Waals surface area contributed by atoms with E-state index in [0.717, 1.165) is 11.8 Å². The quantitative estimate of drug-likeness (QED) is 0.239. The Hall–Kier alpha value is -4.22. The lowest BCUT2D eigenvalue weighted by molar-refractivity contribution is -0.134. The number of imidazole rings is 1. The highest BCUT2D eigenvalue weighted by atomic mass is 16.5. The Morgan fingerprint density at radius 3 is 2.54 bits per heavy atom. The van der Waals surface area contributed by atoms with Crippen LogP contribution in [0.5, 0.6) is 0 Å². The van der Waals surface area contributed by atoms with Crippen LogP contribution in [0, 0.1) is 23.7 Å². The van der Waals surface area contributed by atoms with Crippen LogP contribution in [0.2, 0.25) is 0 Å². The number of carbonyl (C=O) groups excluding carboxylic acids is 4. The van der Waals surface area contributed by atoms with Gasteiger partial charge in [0, 0.05) is 18.3 Å². The van der Waals surface area contributed by atoms with E-state index in [1.165, 1.54) is 80.7 Å². The molecule has 0 saturated heterocycles. The Bertz CT molecular complexity index is 1340. The molecule has 4 aliphatic carbocycles. The fourth-order valence-corrected chi connectivity index (χ4v) is 6.92. The first-order valence-corrected chi connectivity index (χ1v) is 14.1. The van der Waals surface area contributed by atoms with Crippen molar-refractivity contribution in [2.24, 2.45) is 23.7 Å². The summed E-state index contributed by atoms with van der Waals surface area (Å²) in [7, 11) is 1.26. The monoisotopic (exact) mass is 564 g/mol. The van der Waals surface area contributed by atoms with Crippen molar-refractivity contribution < 1.29 is 23.9 Å². The van der Waals surface area contributed by atoms with Gasteiger partial charge >= 0.3 is 5.97 Å². The van der Waals surface area contributed by atoms with Crippen LogP contribution in [-0.4, -0.2) is 57.4 Å². The van der Waals surface area contributed by atoms with E-state index in [2.05, 4.69) is 30.7 Å². The van der Waals surface area contributed by atoms with Gasteiger partial charge < -0.3 is 30.2 Å². The molecule has 41 heavy (non-hydrogen) atoms. The molecule has 4 bridgehead atoms. The second-order valence-electron chi connectivity index (χ2n) is 11.4. The molecule has 1 atom stereocenters. The molecule has 4 N–H and O–H groups in total. The average molecular weight is 565 g/mol. The topological polar surface area (TPSA) is 164 Å². The zero-order chi connectivity index (χ0) is 28.9. The first kappa shape index (κ1) is 28.3. The summed E-state index contributed by atoms with van der Waals surface area (Å²) in [6.45, 7) is -0.149. The molecule has 4 aliphatic rings. The number of nitrogens with zero attached hydrogens (tertiary/aromatic N) is 2. The van der Waals surface area contributed by atoms with Gasteiger partial charge in [-0.1, -0.05) is 6.08 Å². The fourth-order valence-electron chi connectivity index (χ4n) is 6.92. The second-order valence-corrected chi connectivity index (χ2v) is 11.4. The highest BCUT2D eigenvalue weighted by Gasteiger charge is 2.48. The van der Waals surface area contributed by atoms with Gasteiger partial charge in [0.25, 0.3) is 11.5 Å². The van der Waals surface area contributed by atoms with Crippen molar-refractivity contribution in [2.75, 3.05) is 12.4 Å². The number of anilines is 1. The number of carbonyl (C=O) groups is 4. The van der Waals surface area contributed by atoms with E-state index in [-0.39, 0.29) is 42.7 Å². The molecule has 4 fully saturated rings. The van der Waals surface area contributed by atoms with Crippen molar-refractivity contribution in [3.8, 4) is 0 Å². The van der Waals surface area contributed by atoms with E-state index in [1.54, 1.807) is 6.07 Å². The fraction of sp³-hybridized carbons (Fsp3) is 0.517. The lowest BCUT2D eigenvalue weighted by Crippen LogP contribution is -2.56. The van der Waals surface area contributed by atoms with E-state index < -0.39 is 29.4 Å². The molecule has 0 aromatic carbocycles. The molecule has 3 amide bonds. The summed E-state index contributed by atoms with van der Waals surface area (Å²) < 4.78 is 5.84. The number of hydrogen-bond donors (Lipinski definition) is 4. The maximum Gasteiger partial charge on any atom is 0.330 e. The molecule has 2 aromatic rings. The average Bonchev–Trinajstić information content (AvgIpc) is 3.49. The predicted octanol–water partition coefficient (Wildman–Crippen LogP) is 1.76. The Kier molecular flexibility index (Phi) is 8.65. The van der Waals surface area contributed by atoms with Crippen LogP contribution >= 0.6 is 0 Å². The van der Waals surface area contributed by atoms with Crippen LogP contribution in [0.1, 0.15) is 55.4 Å². The van der Waals surface area contributed by atoms with Gasteiger partial charge in [0.05, 0.1) is 19.6 Å². The maximum atomic E-state index is 13.2. The molecule has 12 nitrogen and oxygen atoms in total. The number of nitrogens with one attached hydrogen (secondary N) is 4. The zero-order valence-electron chi connectivity index (χ0n) is 23.0. The largest absolute Gasteiger partial charge is 0.466 e. The smallest absolute Gasteiger partial charge is 0.330 e. The van der Waals surface area contributed by atoms with Crippen LogP contribution < -0.4 is 21.5 Å². The number of amides is 3. The van der Waals surface area contributed by atoms with Crippen molar-refractivity contribution in [3.05, 3.63) is 59.1 Å². The highest BCUT2D eigenvalue weighted by Crippen LogP contribution is 2.53. The van der Waals surface area contributed by atoms with E-state index in [1.807, 2.05) is 0 Å².